The summed E-state index contributed by atoms with van der Waals surface area (Å²) in [6.07, 6.45) is 8.60. The first kappa shape index (κ1) is 41.7. The minimum Gasteiger partial charge on any atom is -0.286 e. The topological polar surface area (TPSA) is 253 Å². The van der Waals surface area contributed by atoms with E-state index >= 15 is 0 Å². The van der Waals surface area contributed by atoms with E-state index < -0.39 is 94.8 Å². The van der Waals surface area contributed by atoms with Crippen LogP contribution in [-0.2, 0) is 37.3 Å². The zero-order valence-electron chi connectivity index (χ0n) is 30.5. The minimum atomic E-state index is -5.47. The molecular weight excluding hydrogens is 875 g/mol. The third-order valence-electron chi connectivity index (χ3n) is 15.3. The van der Waals surface area contributed by atoms with E-state index in [0.717, 1.165) is 77.0 Å². The van der Waals surface area contributed by atoms with Gasteiger partial charge in [-0.2, -0.15) is 8.42 Å². The highest BCUT2D eigenvalue weighted by molar-refractivity contribution is 8.19. The van der Waals surface area contributed by atoms with Crippen molar-refractivity contribution in [1.29, 1.82) is 0 Å². The van der Waals surface area contributed by atoms with Gasteiger partial charge >= 0.3 is 0 Å². The first-order valence-corrected chi connectivity index (χ1v) is 28.8. The summed E-state index contributed by atoms with van der Waals surface area (Å²) in [4.78, 5) is 0. The molecule has 20 unspecified atom stereocenters. The molecule has 9 aliphatic rings. The summed E-state index contributed by atoms with van der Waals surface area (Å²) in [6.45, 7) is 0. The fourth-order valence-corrected chi connectivity index (χ4v) is 23.5. The van der Waals surface area contributed by atoms with Crippen LogP contribution in [0, 0.1) is 47.3 Å². The molecule has 0 spiro atoms. The molecule has 9 fully saturated rings. The van der Waals surface area contributed by atoms with E-state index in [-0.39, 0.29) is 48.3 Å². The van der Waals surface area contributed by atoms with Crippen molar-refractivity contribution in [1.82, 2.24) is 42.5 Å². The molecular formula is C32H53Cl3N8O9S4. The van der Waals surface area contributed by atoms with Gasteiger partial charge in [0.1, 0.15) is 21.0 Å². The van der Waals surface area contributed by atoms with Crippen molar-refractivity contribution in [3.63, 3.8) is 0 Å². The summed E-state index contributed by atoms with van der Waals surface area (Å²) in [5, 5.41) is 19.8. The Morgan fingerprint density at radius 3 is 0.804 bits per heavy atom. The molecule has 8 bridgehead atoms. The Labute approximate surface area is 342 Å². The number of rotatable bonds is 4. The summed E-state index contributed by atoms with van der Waals surface area (Å²) in [6, 6.07) is 0. The van der Waals surface area contributed by atoms with Crippen LogP contribution >= 0.6 is 32.0 Å². The highest BCUT2D eigenvalue weighted by Crippen LogP contribution is 2.52. The summed E-state index contributed by atoms with van der Waals surface area (Å²) >= 11 is 0. The molecule has 5 heterocycles. The van der Waals surface area contributed by atoms with Gasteiger partial charge in [0.25, 0.3) is 10.1 Å². The number of halogens is 3. The van der Waals surface area contributed by atoms with Crippen molar-refractivity contribution in [2.75, 3.05) is 0 Å². The quantitative estimate of drug-likeness (QED) is 0.134. The largest absolute Gasteiger partial charge is 0.286 e. The summed E-state index contributed by atoms with van der Waals surface area (Å²) in [7, 11) is -3.11. The zero-order valence-corrected chi connectivity index (χ0v) is 36.0. The minimum absolute atomic E-state index is 0.0291. The lowest BCUT2D eigenvalue weighted by Gasteiger charge is -2.46. The van der Waals surface area contributed by atoms with E-state index in [1.807, 2.05) is 0 Å². The fourth-order valence-electron chi connectivity index (χ4n) is 13.3. The molecule has 5 saturated heterocycles. The van der Waals surface area contributed by atoms with Gasteiger partial charge in [0.05, 0.1) is 49.3 Å². The van der Waals surface area contributed by atoms with Crippen LogP contribution in [0.1, 0.15) is 77.0 Å². The Morgan fingerprint density at radius 1 is 0.339 bits per heavy atom. The average Bonchev–Trinajstić information content (AvgIpc) is 3.84. The number of nitrogens with one attached hydrogen (secondary N) is 8. The Kier molecular flexibility index (Phi) is 11.2. The van der Waals surface area contributed by atoms with Crippen LogP contribution in [0.2, 0.25) is 0 Å². The van der Waals surface area contributed by atoms with Crippen LogP contribution in [0.15, 0.2) is 0 Å². The van der Waals surface area contributed by atoms with Gasteiger partial charge in [-0.15, -0.1) is 0 Å². The lowest BCUT2D eigenvalue weighted by molar-refractivity contribution is 0.169. The molecule has 20 atom stereocenters. The smallest absolute Gasteiger partial charge is 0.269 e. The highest BCUT2D eigenvalue weighted by atomic mass is 35.7. The molecule has 0 amide bonds. The van der Waals surface area contributed by atoms with Gasteiger partial charge in [-0.05, 0) is 74.0 Å². The summed E-state index contributed by atoms with van der Waals surface area (Å²) in [5.74, 6) is -1.80. The second kappa shape index (κ2) is 15.0. The van der Waals surface area contributed by atoms with Gasteiger partial charge in [-0.3, -0.25) is 47.1 Å². The maximum absolute atomic E-state index is 13.7. The van der Waals surface area contributed by atoms with E-state index in [2.05, 4.69) is 42.5 Å². The summed E-state index contributed by atoms with van der Waals surface area (Å²) < 4.78 is 119. The maximum Gasteiger partial charge on any atom is 0.269 e. The van der Waals surface area contributed by atoms with Crippen LogP contribution in [0.25, 0.3) is 0 Å². The van der Waals surface area contributed by atoms with Crippen LogP contribution < -0.4 is 42.5 Å². The van der Waals surface area contributed by atoms with Gasteiger partial charge in [0.15, 0.2) is 0 Å². The van der Waals surface area contributed by atoms with Gasteiger partial charge in [-0.25, -0.2) is 25.3 Å². The Morgan fingerprint density at radius 2 is 0.554 bits per heavy atom. The van der Waals surface area contributed by atoms with Gasteiger partial charge in [0, 0.05) is 43.9 Å². The molecule has 56 heavy (non-hydrogen) atoms. The van der Waals surface area contributed by atoms with Gasteiger partial charge in [0.2, 0.25) is 27.2 Å². The van der Waals surface area contributed by atoms with E-state index in [4.69, 9.17) is 32.0 Å². The van der Waals surface area contributed by atoms with Crippen molar-refractivity contribution >= 4 is 69.3 Å². The maximum atomic E-state index is 13.7. The van der Waals surface area contributed by atoms with Crippen molar-refractivity contribution in [3.8, 4) is 0 Å². The van der Waals surface area contributed by atoms with Crippen molar-refractivity contribution < 1.29 is 38.2 Å². The monoisotopic (exact) mass is 926 g/mol. The Balaban J connectivity index is 1.19. The first-order chi connectivity index (χ1) is 26.3. The lowest BCUT2D eigenvalue weighted by atomic mass is 9.75. The second-order valence-corrected chi connectivity index (χ2v) is 27.9. The van der Waals surface area contributed by atoms with Gasteiger partial charge in [-0.1, -0.05) is 38.5 Å². The molecule has 0 aromatic carbocycles. The zero-order chi connectivity index (χ0) is 39.7. The SMILES string of the molecule is O=S(=O)(O)C1C2C3NC4NC(NC5NC(NC6NC(NC(N3)C2C(S(=O)(=O)Cl)C(S(=O)(=O)Cl)C1S(=O)(=O)Cl)C1CCCCC61)C1CCCCC51)C1CCCCC41. The van der Waals surface area contributed by atoms with Gasteiger partial charge < -0.3 is 0 Å². The molecule has 0 aromatic heterocycles. The highest BCUT2D eigenvalue weighted by Gasteiger charge is 2.71. The molecule has 5 aliphatic heterocycles. The van der Waals surface area contributed by atoms with Crippen molar-refractivity contribution in [2.24, 2.45) is 47.3 Å². The molecule has 24 heteroatoms. The predicted molar refractivity (Wildman–Crippen MR) is 210 cm³/mol. The molecule has 4 aliphatic carbocycles. The van der Waals surface area contributed by atoms with Crippen LogP contribution in [0.4, 0.5) is 0 Å². The van der Waals surface area contributed by atoms with Crippen LogP contribution in [0.5, 0.6) is 0 Å². The molecule has 0 aromatic rings. The van der Waals surface area contributed by atoms with Crippen molar-refractivity contribution in [3.05, 3.63) is 0 Å². The lowest BCUT2D eigenvalue weighted by Crippen LogP contribution is -2.68. The Bertz CT molecular complexity index is 1850. The van der Waals surface area contributed by atoms with E-state index in [1.165, 1.54) is 0 Å². The van der Waals surface area contributed by atoms with E-state index in [9.17, 15) is 38.2 Å². The molecule has 0 radical (unpaired) electrons. The molecule has 4 saturated carbocycles. The van der Waals surface area contributed by atoms with Crippen molar-refractivity contribution in [2.45, 2.75) is 147 Å². The predicted octanol–water partition coefficient (Wildman–Crippen LogP) is 0.113. The van der Waals surface area contributed by atoms with E-state index in [1.54, 1.807) is 0 Å². The number of hydrogen-bond donors (Lipinski definition) is 9. The second-order valence-electron chi connectivity index (χ2n) is 17.9. The third-order valence-corrected chi connectivity index (χ3v) is 22.7. The molecule has 17 nitrogen and oxygen atoms in total. The third kappa shape index (κ3) is 7.31. The average molecular weight is 928 g/mol. The molecule has 9 N–H and O–H groups in total. The fraction of sp³-hybridized carbons (Fsp3) is 1.00. The molecule has 320 valence electrons. The first-order valence-electron chi connectivity index (χ1n) is 20.2. The summed E-state index contributed by atoms with van der Waals surface area (Å²) in [5.41, 5.74) is 0. The normalized spacial score (nSPS) is 51.1. The van der Waals surface area contributed by atoms with E-state index in [0.29, 0.717) is 11.8 Å². The Hall–Kier alpha value is 0.310. The number of hydrogen-bond acceptors (Lipinski definition) is 16. The standard InChI is InChI=1S/C32H53Cl3N8O9S4/c33-53(44,45)21-19-20(22(56(50,51)52)24(55(35,48)49)23(21)54(34,46)47)32-42-30-18-12-6-4-10-16(18)28(40-30)38-26-14-8-2-1-7-13(14)25(36-26)37-27-15-9-3-5-11-17(15)29(39-27)41-31(19)43-32/h13-32,36-43H,1-12H2,(H,50,51,52). The van der Waals surface area contributed by atoms with Crippen LogP contribution in [0.3, 0.4) is 0 Å². The van der Waals surface area contributed by atoms with Crippen LogP contribution in [-0.4, -0.2) is 109 Å². The molecule has 9 rings (SSSR count). The number of fused-ring (bicyclic) bond motifs is 20.